The van der Waals surface area contributed by atoms with Crippen molar-refractivity contribution in [3.63, 3.8) is 0 Å². The molecule has 0 aliphatic rings. The predicted molar refractivity (Wildman–Crippen MR) is 160 cm³/mol. The lowest BCUT2D eigenvalue weighted by Gasteiger charge is -2.28. The van der Waals surface area contributed by atoms with Crippen molar-refractivity contribution < 1.29 is 14.3 Å². The molecule has 5 nitrogen and oxygen atoms in total. The summed E-state index contributed by atoms with van der Waals surface area (Å²) < 4.78 is 5.43. The highest BCUT2D eigenvalue weighted by atomic mass is 31.2. The van der Waals surface area contributed by atoms with Crippen molar-refractivity contribution in [1.82, 2.24) is 0 Å². The van der Waals surface area contributed by atoms with Crippen LogP contribution < -0.4 is 26.8 Å². The van der Waals surface area contributed by atoms with Crippen LogP contribution in [-0.4, -0.2) is 18.4 Å². The fraction of sp³-hybridized carbons (Fsp3) is 0.0882. The minimum Gasteiger partial charge on any atom is -0.462 e. The molecule has 0 saturated heterocycles. The number of rotatable bonds is 7. The van der Waals surface area contributed by atoms with Gasteiger partial charge in [-0.05, 0) is 36.6 Å². The fourth-order valence-electron chi connectivity index (χ4n) is 5.14. The van der Waals surface area contributed by atoms with Crippen LogP contribution >= 0.6 is 6.89 Å². The molecule has 5 aromatic rings. The lowest BCUT2D eigenvalue weighted by Crippen LogP contribution is -2.30. The number of hydrogen-bond acceptors (Lipinski definition) is 5. The van der Waals surface area contributed by atoms with E-state index in [2.05, 4.69) is 0 Å². The second kappa shape index (κ2) is 11.3. The maximum Gasteiger partial charge on any atom is 0.339 e. The van der Waals surface area contributed by atoms with Crippen molar-refractivity contribution >= 4 is 34.6 Å². The van der Waals surface area contributed by atoms with Crippen LogP contribution in [0.5, 0.6) is 0 Å². The lowest BCUT2D eigenvalue weighted by molar-refractivity contribution is 0.0523. The Balaban J connectivity index is 2.12. The summed E-state index contributed by atoms with van der Waals surface area (Å²) in [5.74, 6) is -1.54. The van der Waals surface area contributed by atoms with Crippen molar-refractivity contribution in [2.45, 2.75) is 13.8 Å². The molecule has 0 bridgehead atoms. The fourth-order valence-corrected chi connectivity index (χ4v) is 9.62. The number of carbonyl (C=O) groups is 2. The van der Waals surface area contributed by atoms with Gasteiger partial charge in [0.1, 0.15) is 0 Å². The summed E-state index contributed by atoms with van der Waals surface area (Å²) in [5.41, 5.74) is -1.38. The van der Waals surface area contributed by atoms with Crippen LogP contribution in [0.4, 0.5) is 0 Å². The van der Waals surface area contributed by atoms with Crippen LogP contribution in [0.25, 0.3) is 0 Å². The summed E-state index contributed by atoms with van der Waals surface area (Å²) in [6.07, 6.45) is 0. The number of carbonyl (C=O) groups excluding carboxylic acids is 2. The summed E-state index contributed by atoms with van der Waals surface area (Å²) >= 11 is 0. The van der Waals surface area contributed by atoms with E-state index >= 15 is 0 Å². The summed E-state index contributed by atoms with van der Waals surface area (Å²) in [6.45, 7) is 0.368. The van der Waals surface area contributed by atoms with Crippen LogP contribution in [-0.2, 0) is 4.74 Å². The molecule has 5 rings (SSSR count). The number of ether oxygens (including phenoxy) is 1. The second-order valence-corrected chi connectivity index (χ2v) is 12.7. The molecule has 0 radical (unpaired) electrons. The first-order chi connectivity index (χ1) is 19.4. The summed E-state index contributed by atoms with van der Waals surface area (Å²) in [6, 6.07) is 34.9. The quantitative estimate of drug-likeness (QED) is 0.130. The van der Waals surface area contributed by atoms with Crippen LogP contribution in [0.2, 0.25) is 0 Å². The zero-order valence-corrected chi connectivity index (χ0v) is 23.1. The zero-order chi connectivity index (χ0) is 28.3. The van der Waals surface area contributed by atoms with Crippen LogP contribution in [0.1, 0.15) is 38.8 Å². The van der Waals surface area contributed by atoms with Gasteiger partial charge in [-0.3, -0.25) is 14.4 Å². The maximum absolute atomic E-state index is 14.2. The minimum absolute atomic E-state index is 0.0114. The molecule has 40 heavy (non-hydrogen) atoms. The van der Waals surface area contributed by atoms with Crippen molar-refractivity contribution in [2.75, 3.05) is 6.61 Å². The Labute approximate surface area is 232 Å². The van der Waals surface area contributed by atoms with Gasteiger partial charge in [-0.1, -0.05) is 121 Å². The van der Waals surface area contributed by atoms with Gasteiger partial charge in [0.2, 0.25) is 10.9 Å². The van der Waals surface area contributed by atoms with E-state index in [0.29, 0.717) is 0 Å². The first-order valence-electron chi connectivity index (χ1n) is 13.0. The minimum atomic E-state index is -3.17. The average Bonchev–Trinajstić information content (AvgIpc) is 3.26. The standard InChI is InChI=1S/C34H27O5P/c1-3-39-34(38)29-28(30(35)24-21-19-23(2)20-22-24)31(36)32(37)33(29)40(25-13-7-4-8-14-25,26-15-9-5-10-16-26)27-17-11-6-12-18-27/h4-22H,3H2,1-2H3. The molecule has 0 fully saturated rings. The summed E-state index contributed by atoms with van der Waals surface area (Å²) in [5, 5.41) is 2.32. The number of hydrogen-bond donors (Lipinski definition) is 0. The molecular formula is C34H27O5P. The van der Waals surface area contributed by atoms with Crippen molar-refractivity contribution in [3.8, 4) is 0 Å². The number of esters is 1. The molecule has 6 heteroatoms. The average molecular weight is 547 g/mol. The molecule has 0 heterocycles. The predicted octanol–water partition coefficient (Wildman–Crippen LogP) is 4.52. The molecule has 0 amide bonds. The Morgan fingerprint density at radius 1 is 0.625 bits per heavy atom. The first-order valence-corrected chi connectivity index (χ1v) is 14.8. The van der Waals surface area contributed by atoms with Crippen molar-refractivity contribution in [2.24, 2.45) is 0 Å². The Bertz CT molecular complexity index is 1760. The molecule has 0 aliphatic heterocycles. The Morgan fingerprint density at radius 2 is 1.07 bits per heavy atom. The van der Waals surface area contributed by atoms with E-state index in [4.69, 9.17) is 4.74 Å². The largest absolute Gasteiger partial charge is 0.462 e. The number of aryl methyl sites for hydroxylation is 1. The van der Waals surface area contributed by atoms with E-state index in [1.165, 1.54) is 0 Å². The molecule has 0 aliphatic carbocycles. The first kappa shape index (κ1) is 27.0. The molecule has 0 unspecified atom stereocenters. The van der Waals surface area contributed by atoms with Gasteiger partial charge in [0.05, 0.1) is 22.7 Å². The van der Waals surface area contributed by atoms with Crippen LogP contribution in [0, 0.1) is 11.9 Å². The van der Waals surface area contributed by atoms with E-state index in [9.17, 15) is 19.2 Å². The normalized spacial score (nSPS) is 11.2. The maximum atomic E-state index is 14.2. The van der Waals surface area contributed by atoms with Gasteiger partial charge < -0.3 is 4.74 Å². The molecule has 5 aromatic carbocycles. The summed E-state index contributed by atoms with van der Waals surface area (Å²) in [7, 11) is 0. The van der Waals surface area contributed by atoms with Crippen molar-refractivity contribution in [3.05, 3.63) is 163 Å². The summed E-state index contributed by atoms with van der Waals surface area (Å²) in [4.78, 5) is 55.7. The topological polar surface area (TPSA) is 77.5 Å². The molecule has 0 atom stereocenters. The van der Waals surface area contributed by atoms with Gasteiger partial charge in [0.15, 0.2) is 5.78 Å². The smallest absolute Gasteiger partial charge is 0.339 e. The SMILES string of the molecule is CCOC(=O)c1c(C(=O)c2ccc(C)cc2)c(=O)c(=O)c1=P(c1ccccc1)(c1ccccc1)c1ccccc1. The number of benzene rings is 4. The molecule has 0 saturated carbocycles. The van der Waals surface area contributed by atoms with Crippen LogP contribution in [0.3, 0.4) is 0 Å². The third-order valence-electron chi connectivity index (χ3n) is 6.92. The van der Waals surface area contributed by atoms with E-state index < -0.39 is 35.1 Å². The molecule has 0 N–H and O–H groups in total. The third-order valence-corrected chi connectivity index (χ3v) is 11.2. The van der Waals surface area contributed by atoms with E-state index in [1.807, 2.05) is 97.9 Å². The van der Waals surface area contributed by atoms with Gasteiger partial charge >= 0.3 is 5.97 Å². The van der Waals surface area contributed by atoms with Gasteiger partial charge in [-0.15, -0.1) is 0 Å². The lowest BCUT2D eigenvalue weighted by atomic mass is 10.0. The highest BCUT2D eigenvalue weighted by Crippen LogP contribution is 2.48. The Morgan fingerprint density at radius 3 is 1.50 bits per heavy atom. The van der Waals surface area contributed by atoms with E-state index in [1.54, 1.807) is 31.2 Å². The molecular weight excluding hydrogens is 519 g/mol. The Hall–Kier alpha value is -4.60. The highest BCUT2D eigenvalue weighted by Gasteiger charge is 2.36. The van der Waals surface area contributed by atoms with Gasteiger partial charge in [0, 0.05) is 5.56 Å². The van der Waals surface area contributed by atoms with Gasteiger partial charge in [-0.2, -0.15) is 0 Å². The van der Waals surface area contributed by atoms with Gasteiger partial charge in [0.25, 0.3) is 0 Å². The zero-order valence-electron chi connectivity index (χ0n) is 22.2. The van der Waals surface area contributed by atoms with Gasteiger partial charge in [-0.25, -0.2) is 4.79 Å². The van der Waals surface area contributed by atoms with E-state index in [0.717, 1.165) is 21.5 Å². The second-order valence-electron chi connectivity index (χ2n) is 9.35. The number of ketones is 1. The van der Waals surface area contributed by atoms with Crippen molar-refractivity contribution in [1.29, 1.82) is 0 Å². The third kappa shape index (κ3) is 4.49. The van der Waals surface area contributed by atoms with Crippen LogP contribution in [0.15, 0.2) is 125 Å². The van der Waals surface area contributed by atoms with E-state index in [-0.39, 0.29) is 22.7 Å². The molecule has 0 spiro atoms. The highest BCUT2D eigenvalue weighted by molar-refractivity contribution is 7.89. The Kier molecular flexibility index (Phi) is 7.59. The molecule has 198 valence electrons. The monoisotopic (exact) mass is 546 g/mol. The molecule has 0 aromatic heterocycles.